The number of alkyl halides is 3. The highest BCUT2D eigenvalue weighted by Gasteiger charge is 2.43. The van der Waals surface area contributed by atoms with Crippen LogP contribution in [0.15, 0.2) is 4.42 Å². The molecule has 0 saturated heterocycles. The third kappa shape index (κ3) is 3.23. The lowest BCUT2D eigenvalue weighted by molar-refractivity contribution is -0.177. The number of nitrogen functional groups attached to an aromatic ring is 1. The van der Waals surface area contributed by atoms with Gasteiger partial charge in [-0.05, 0) is 12.8 Å². The summed E-state index contributed by atoms with van der Waals surface area (Å²) in [6.07, 6.45) is -4.11. The van der Waals surface area contributed by atoms with E-state index in [1.165, 1.54) is 0 Å². The average Bonchev–Trinajstić information content (AvgIpc) is 2.83. The Morgan fingerprint density at radius 2 is 2.04 bits per heavy atom. The molecule has 0 amide bonds. The zero-order valence-corrected chi connectivity index (χ0v) is 13.9. The molecule has 3 rings (SSSR count). The van der Waals surface area contributed by atoms with Gasteiger partial charge >= 0.3 is 6.18 Å². The molecule has 0 aliphatic heterocycles. The van der Waals surface area contributed by atoms with Crippen molar-refractivity contribution in [2.45, 2.75) is 25.4 Å². The second-order valence-electron chi connectivity index (χ2n) is 5.78. The van der Waals surface area contributed by atoms with Crippen LogP contribution in [0.5, 0.6) is 0 Å². The fourth-order valence-corrected chi connectivity index (χ4v) is 2.97. The summed E-state index contributed by atoms with van der Waals surface area (Å²) >= 11 is 0. The molecule has 1 aliphatic carbocycles. The van der Waals surface area contributed by atoms with E-state index in [2.05, 4.69) is 9.97 Å². The van der Waals surface area contributed by atoms with E-state index >= 15 is 0 Å². The molecule has 2 aromatic heterocycles. The average molecular weight is 366 g/mol. The van der Waals surface area contributed by atoms with E-state index in [9.17, 15) is 13.2 Å². The van der Waals surface area contributed by atoms with Gasteiger partial charge < -0.3 is 20.8 Å². The number of anilines is 2. The second-order valence-corrected chi connectivity index (χ2v) is 5.78. The van der Waals surface area contributed by atoms with Crippen LogP contribution < -0.4 is 16.4 Å². The number of likely N-dealkylation sites (N-methyl/N-ethyl adjacent to an activating group) is 1. The molecule has 134 valence electrons. The predicted octanol–water partition coefficient (Wildman–Crippen LogP) is 2.29. The summed E-state index contributed by atoms with van der Waals surface area (Å²) in [7, 11) is 1.77. The summed E-state index contributed by atoms with van der Waals surface area (Å²) in [6.45, 7) is 0.917. The molecule has 1 unspecified atom stereocenters. The van der Waals surface area contributed by atoms with Crippen LogP contribution >= 0.6 is 12.4 Å². The highest BCUT2D eigenvalue weighted by atomic mass is 35.5. The number of hydrogen-bond donors (Lipinski definition) is 2. The molecule has 24 heavy (non-hydrogen) atoms. The Kier molecular flexibility index (Phi) is 5.14. The number of halogens is 4. The first kappa shape index (κ1) is 18.6. The number of aromatic nitrogens is 2. The van der Waals surface area contributed by atoms with E-state index in [0.29, 0.717) is 41.3 Å². The van der Waals surface area contributed by atoms with Gasteiger partial charge in [0, 0.05) is 32.1 Å². The highest BCUT2D eigenvalue weighted by Crippen LogP contribution is 2.41. The number of rotatable bonds is 3. The Morgan fingerprint density at radius 3 is 2.67 bits per heavy atom. The molecule has 0 bridgehead atoms. The van der Waals surface area contributed by atoms with Crippen LogP contribution in [0.25, 0.3) is 11.1 Å². The summed E-state index contributed by atoms with van der Waals surface area (Å²) in [5.74, 6) is -0.370. The number of nitrogens with zero attached hydrogens (tertiary/aromatic N) is 3. The van der Waals surface area contributed by atoms with Gasteiger partial charge in [-0.1, -0.05) is 0 Å². The topological polar surface area (TPSA) is 94.2 Å². The van der Waals surface area contributed by atoms with Crippen LogP contribution in [0, 0.1) is 5.92 Å². The van der Waals surface area contributed by atoms with Crippen LogP contribution in [0.2, 0.25) is 0 Å². The summed E-state index contributed by atoms with van der Waals surface area (Å²) in [4.78, 5) is 10.0. The summed E-state index contributed by atoms with van der Waals surface area (Å²) in [5.41, 5.74) is 12.5. The van der Waals surface area contributed by atoms with E-state index in [4.69, 9.17) is 15.9 Å². The van der Waals surface area contributed by atoms with Crippen molar-refractivity contribution in [3.05, 3.63) is 11.3 Å². The first-order valence-corrected chi connectivity index (χ1v) is 7.37. The van der Waals surface area contributed by atoms with Gasteiger partial charge in [-0.15, -0.1) is 12.4 Å². The van der Waals surface area contributed by atoms with Gasteiger partial charge in [0.2, 0.25) is 5.95 Å². The van der Waals surface area contributed by atoms with Crippen molar-refractivity contribution in [3.8, 4) is 0 Å². The number of furan rings is 1. The molecule has 0 saturated carbocycles. The SMILES string of the molecule is CN(CCN)c1nc(N)nc2c3c(oc12)CCC(C(F)(F)F)C3.Cl. The molecule has 0 fully saturated rings. The van der Waals surface area contributed by atoms with Crippen LogP contribution in [-0.2, 0) is 12.8 Å². The Bertz CT molecular complexity index is 733. The molecule has 2 aromatic rings. The van der Waals surface area contributed by atoms with Gasteiger partial charge in [0.25, 0.3) is 0 Å². The summed E-state index contributed by atoms with van der Waals surface area (Å²) in [6, 6.07) is 0. The molecule has 1 atom stereocenters. The first-order valence-electron chi connectivity index (χ1n) is 7.37. The maximum Gasteiger partial charge on any atom is 0.392 e. The van der Waals surface area contributed by atoms with Gasteiger partial charge in [-0.3, -0.25) is 0 Å². The summed E-state index contributed by atoms with van der Waals surface area (Å²) in [5, 5.41) is 0. The van der Waals surface area contributed by atoms with Crippen molar-refractivity contribution in [2.75, 3.05) is 30.8 Å². The van der Waals surface area contributed by atoms with Crippen molar-refractivity contribution in [2.24, 2.45) is 11.7 Å². The molecule has 4 N–H and O–H groups in total. The molecule has 2 heterocycles. The van der Waals surface area contributed by atoms with Crippen LogP contribution in [0.1, 0.15) is 17.7 Å². The fraction of sp³-hybridized carbons (Fsp3) is 0.571. The molecule has 0 spiro atoms. The van der Waals surface area contributed by atoms with E-state index in [1.807, 2.05) is 0 Å². The Balaban J connectivity index is 0.00000208. The maximum absolute atomic E-state index is 13.0. The van der Waals surface area contributed by atoms with E-state index < -0.39 is 12.1 Å². The lowest BCUT2D eigenvalue weighted by Gasteiger charge is -2.23. The van der Waals surface area contributed by atoms with Crippen molar-refractivity contribution in [1.29, 1.82) is 0 Å². The highest BCUT2D eigenvalue weighted by molar-refractivity contribution is 5.88. The van der Waals surface area contributed by atoms with Crippen molar-refractivity contribution >= 4 is 35.3 Å². The Morgan fingerprint density at radius 1 is 1.33 bits per heavy atom. The minimum Gasteiger partial charge on any atom is -0.455 e. The van der Waals surface area contributed by atoms with Crippen molar-refractivity contribution < 1.29 is 17.6 Å². The minimum absolute atomic E-state index is 0. The Hall–Kier alpha value is -1.74. The number of fused-ring (bicyclic) bond motifs is 3. The van der Waals surface area contributed by atoms with Crippen LogP contribution in [-0.4, -0.2) is 36.3 Å². The predicted molar refractivity (Wildman–Crippen MR) is 87.4 cm³/mol. The lowest BCUT2D eigenvalue weighted by atomic mass is 9.87. The van der Waals surface area contributed by atoms with Gasteiger partial charge in [0.1, 0.15) is 11.3 Å². The number of nitrogens with two attached hydrogens (primary N) is 2. The fourth-order valence-electron chi connectivity index (χ4n) is 2.97. The molecular weight excluding hydrogens is 347 g/mol. The second kappa shape index (κ2) is 6.64. The number of aryl methyl sites for hydroxylation is 1. The van der Waals surface area contributed by atoms with E-state index in [-0.39, 0.29) is 37.6 Å². The molecule has 6 nitrogen and oxygen atoms in total. The molecular formula is C14H19ClF3N5O. The Labute approximate surface area is 142 Å². The van der Waals surface area contributed by atoms with Crippen molar-refractivity contribution in [1.82, 2.24) is 9.97 Å². The standard InChI is InChI=1S/C14H18F3N5O.ClH/c1-22(5-4-18)12-11-10(20-13(19)21-12)8-6-7(14(15,16)17)2-3-9(8)23-11;/h7H,2-6,18H2,1H3,(H2,19,20,21);1H. The number of hydrogen-bond acceptors (Lipinski definition) is 6. The van der Waals surface area contributed by atoms with Gasteiger partial charge in [-0.25, -0.2) is 4.98 Å². The van der Waals surface area contributed by atoms with Gasteiger partial charge in [0.05, 0.1) is 5.92 Å². The molecule has 0 radical (unpaired) electrons. The largest absolute Gasteiger partial charge is 0.455 e. The quantitative estimate of drug-likeness (QED) is 0.866. The van der Waals surface area contributed by atoms with Crippen LogP contribution in [0.4, 0.5) is 24.9 Å². The van der Waals surface area contributed by atoms with E-state index in [0.717, 1.165) is 0 Å². The zero-order chi connectivity index (χ0) is 16.8. The molecule has 1 aliphatic rings. The monoisotopic (exact) mass is 365 g/mol. The normalized spacial score (nSPS) is 17.5. The molecule has 10 heteroatoms. The van der Waals surface area contributed by atoms with Gasteiger partial charge in [0.15, 0.2) is 11.4 Å². The first-order chi connectivity index (χ1) is 10.8. The maximum atomic E-state index is 13.0. The van der Waals surface area contributed by atoms with Crippen LogP contribution in [0.3, 0.4) is 0 Å². The minimum atomic E-state index is -4.22. The molecule has 0 aromatic carbocycles. The van der Waals surface area contributed by atoms with E-state index in [1.54, 1.807) is 11.9 Å². The summed E-state index contributed by atoms with van der Waals surface area (Å²) < 4.78 is 44.8. The van der Waals surface area contributed by atoms with Crippen molar-refractivity contribution in [3.63, 3.8) is 0 Å². The third-order valence-corrected chi connectivity index (χ3v) is 4.17. The van der Waals surface area contributed by atoms with Gasteiger partial charge in [-0.2, -0.15) is 18.2 Å². The smallest absolute Gasteiger partial charge is 0.392 e. The third-order valence-electron chi connectivity index (χ3n) is 4.17. The lowest BCUT2D eigenvalue weighted by Crippen LogP contribution is -2.28. The zero-order valence-electron chi connectivity index (χ0n) is 13.1.